The van der Waals surface area contributed by atoms with Crippen LogP contribution in [0, 0.1) is 5.92 Å². The molecular formula is C18H25NO2. The first kappa shape index (κ1) is 15.8. The molecule has 0 amide bonds. The second-order valence-electron chi connectivity index (χ2n) is 5.78. The topological polar surface area (TPSA) is 41.5 Å². The minimum absolute atomic E-state index is 0.0549. The van der Waals surface area contributed by atoms with Crippen LogP contribution >= 0.6 is 0 Å². The number of nitrogens with one attached hydrogen (secondary N) is 1. The predicted octanol–water partition coefficient (Wildman–Crippen LogP) is 3.56. The van der Waals surface area contributed by atoms with E-state index in [1.165, 1.54) is 10.8 Å². The summed E-state index contributed by atoms with van der Waals surface area (Å²) in [6, 6.07) is 14.4. The van der Waals surface area contributed by atoms with Gasteiger partial charge in [0.2, 0.25) is 0 Å². The maximum Gasteiger partial charge on any atom is 0.150 e. The van der Waals surface area contributed by atoms with E-state index in [4.69, 9.17) is 9.84 Å². The monoisotopic (exact) mass is 287 g/mol. The molecular weight excluding hydrogens is 262 g/mol. The van der Waals surface area contributed by atoms with Crippen LogP contribution in [-0.4, -0.2) is 24.5 Å². The van der Waals surface area contributed by atoms with Gasteiger partial charge in [0.25, 0.3) is 0 Å². The third kappa shape index (κ3) is 5.03. The van der Waals surface area contributed by atoms with Crippen LogP contribution in [0.1, 0.15) is 26.7 Å². The lowest BCUT2D eigenvalue weighted by molar-refractivity contribution is 0.137. The quantitative estimate of drug-likeness (QED) is 0.729. The average Bonchev–Trinajstić information content (AvgIpc) is 2.49. The van der Waals surface area contributed by atoms with Crippen molar-refractivity contribution in [2.24, 2.45) is 5.92 Å². The molecule has 2 aromatic rings. The van der Waals surface area contributed by atoms with Crippen molar-refractivity contribution in [2.45, 2.75) is 32.9 Å². The van der Waals surface area contributed by atoms with Crippen molar-refractivity contribution in [3.8, 4) is 5.75 Å². The zero-order chi connectivity index (χ0) is 15.1. The summed E-state index contributed by atoms with van der Waals surface area (Å²) in [5.74, 6) is 1.44. The van der Waals surface area contributed by atoms with Crippen molar-refractivity contribution in [3.63, 3.8) is 0 Å². The van der Waals surface area contributed by atoms with Gasteiger partial charge in [0.1, 0.15) is 12.0 Å². The summed E-state index contributed by atoms with van der Waals surface area (Å²) in [5.41, 5.74) is 0. The van der Waals surface area contributed by atoms with E-state index in [-0.39, 0.29) is 12.8 Å². The summed E-state index contributed by atoms with van der Waals surface area (Å²) < 4.78 is 6.05. The average molecular weight is 287 g/mol. The van der Waals surface area contributed by atoms with E-state index in [0.29, 0.717) is 5.92 Å². The number of benzene rings is 2. The summed E-state index contributed by atoms with van der Waals surface area (Å²) in [6.45, 7) is 5.45. The molecule has 0 saturated heterocycles. The first-order valence-electron chi connectivity index (χ1n) is 7.68. The fraction of sp³-hybridized carbons (Fsp3) is 0.444. The molecule has 3 heteroatoms. The van der Waals surface area contributed by atoms with Gasteiger partial charge < -0.3 is 9.84 Å². The van der Waals surface area contributed by atoms with Crippen molar-refractivity contribution in [3.05, 3.63) is 42.5 Å². The molecule has 2 rings (SSSR count). The van der Waals surface area contributed by atoms with E-state index < -0.39 is 0 Å². The van der Waals surface area contributed by atoms with E-state index >= 15 is 0 Å². The van der Waals surface area contributed by atoms with E-state index in [1.54, 1.807) is 0 Å². The van der Waals surface area contributed by atoms with Crippen LogP contribution in [0.4, 0.5) is 0 Å². The Morgan fingerprint density at radius 2 is 1.86 bits per heavy atom. The van der Waals surface area contributed by atoms with E-state index in [0.717, 1.165) is 25.1 Å². The highest BCUT2D eigenvalue weighted by Gasteiger charge is 2.10. The Morgan fingerprint density at radius 1 is 1.10 bits per heavy atom. The standard InChI is InChI=1S/C18H25NO2/c1-14(2)13-19-18(8-5-11-20)21-17-10-9-15-6-3-4-7-16(15)12-17/h3-4,6-7,9-10,12,14,18-20H,5,8,11,13H2,1-2H3. The number of hydrogen-bond acceptors (Lipinski definition) is 3. The Hall–Kier alpha value is -1.58. The van der Waals surface area contributed by atoms with Crippen molar-refractivity contribution < 1.29 is 9.84 Å². The molecule has 0 saturated carbocycles. The van der Waals surface area contributed by atoms with Crippen LogP contribution in [0.25, 0.3) is 10.8 Å². The van der Waals surface area contributed by atoms with Gasteiger partial charge in [-0.3, -0.25) is 5.32 Å². The Bertz CT molecular complexity index is 554. The molecule has 3 nitrogen and oxygen atoms in total. The van der Waals surface area contributed by atoms with Crippen LogP contribution in [0.2, 0.25) is 0 Å². The third-order valence-corrected chi connectivity index (χ3v) is 3.38. The normalized spacial score (nSPS) is 12.8. The molecule has 2 N–H and O–H groups in total. The second-order valence-corrected chi connectivity index (χ2v) is 5.78. The molecule has 0 radical (unpaired) electrons. The Balaban J connectivity index is 2.05. The van der Waals surface area contributed by atoms with E-state index in [9.17, 15) is 0 Å². The van der Waals surface area contributed by atoms with Crippen LogP contribution in [0.5, 0.6) is 5.75 Å². The number of ether oxygens (including phenoxy) is 1. The Morgan fingerprint density at radius 3 is 2.57 bits per heavy atom. The van der Waals surface area contributed by atoms with Gasteiger partial charge >= 0.3 is 0 Å². The van der Waals surface area contributed by atoms with Gasteiger partial charge in [0.15, 0.2) is 0 Å². The summed E-state index contributed by atoms with van der Waals surface area (Å²) in [5, 5.41) is 14.8. The molecule has 0 spiro atoms. The molecule has 0 aromatic heterocycles. The summed E-state index contributed by atoms with van der Waals surface area (Å²) in [6.07, 6.45) is 1.49. The van der Waals surface area contributed by atoms with E-state index in [2.05, 4.69) is 43.4 Å². The fourth-order valence-corrected chi connectivity index (χ4v) is 2.25. The van der Waals surface area contributed by atoms with Gasteiger partial charge in [-0.15, -0.1) is 0 Å². The highest BCUT2D eigenvalue weighted by molar-refractivity contribution is 5.83. The molecule has 2 aromatic carbocycles. The number of hydrogen-bond donors (Lipinski definition) is 2. The molecule has 0 fully saturated rings. The lowest BCUT2D eigenvalue weighted by Crippen LogP contribution is -2.37. The Kier molecular flexibility index (Phi) is 6.03. The number of fused-ring (bicyclic) bond motifs is 1. The molecule has 114 valence electrons. The molecule has 0 aliphatic rings. The molecule has 1 unspecified atom stereocenters. The maximum absolute atomic E-state index is 9.02. The van der Waals surface area contributed by atoms with Crippen molar-refractivity contribution >= 4 is 10.8 Å². The summed E-state index contributed by atoms with van der Waals surface area (Å²) >= 11 is 0. The maximum atomic E-state index is 9.02. The highest BCUT2D eigenvalue weighted by atomic mass is 16.5. The number of aliphatic hydroxyl groups is 1. The van der Waals surface area contributed by atoms with Gasteiger partial charge in [-0.05, 0) is 35.2 Å². The zero-order valence-corrected chi connectivity index (χ0v) is 12.9. The molecule has 21 heavy (non-hydrogen) atoms. The number of aliphatic hydroxyl groups excluding tert-OH is 1. The van der Waals surface area contributed by atoms with Crippen LogP contribution < -0.4 is 10.1 Å². The first-order valence-corrected chi connectivity index (χ1v) is 7.68. The smallest absolute Gasteiger partial charge is 0.150 e. The van der Waals surface area contributed by atoms with Crippen molar-refractivity contribution in [1.29, 1.82) is 0 Å². The van der Waals surface area contributed by atoms with Crippen molar-refractivity contribution in [2.75, 3.05) is 13.2 Å². The largest absolute Gasteiger partial charge is 0.475 e. The van der Waals surface area contributed by atoms with Crippen molar-refractivity contribution in [1.82, 2.24) is 5.32 Å². The number of rotatable bonds is 8. The summed E-state index contributed by atoms with van der Waals surface area (Å²) in [4.78, 5) is 0. The van der Waals surface area contributed by atoms with Gasteiger partial charge in [0.05, 0.1) is 0 Å². The lowest BCUT2D eigenvalue weighted by Gasteiger charge is -2.21. The SMILES string of the molecule is CC(C)CNC(CCCO)Oc1ccc2ccccc2c1. The Labute approximate surface area is 126 Å². The van der Waals surface area contributed by atoms with Gasteiger partial charge in [-0.25, -0.2) is 0 Å². The van der Waals surface area contributed by atoms with Gasteiger partial charge in [0, 0.05) is 19.6 Å². The fourth-order valence-electron chi connectivity index (χ4n) is 2.25. The minimum atomic E-state index is -0.0549. The first-order chi connectivity index (χ1) is 10.2. The van der Waals surface area contributed by atoms with Crippen LogP contribution in [-0.2, 0) is 0 Å². The molecule has 0 aliphatic carbocycles. The molecule has 0 bridgehead atoms. The third-order valence-electron chi connectivity index (χ3n) is 3.38. The predicted molar refractivity (Wildman–Crippen MR) is 87.5 cm³/mol. The van der Waals surface area contributed by atoms with Crippen LogP contribution in [0.15, 0.2) is 42.5 Å². The summed E-state index contributed by atoms with van der Waals surface area (Å²) in [7, 11) is 0. The highest BCUT2D eigenvalue weighted by Crippen LogP contribution is 2.21. The van der Waals surface area contributed by atoms with Crippen LogP contribution in [0.3, 0.4) is 0 Å². The van der Waals surface area contributed by atoms with Gasteiger partial charge in [-0.1, -0.05) is 44.2 Å². The molecule has 0 heterocycles. The van der Waals surface area contributed by atoms with E-state index in [1.807, 2.05) is 18.2 Å². The molecule has 0 aliphatic heterocycles. The zero-order valence-electron chi connectivity index (χ0n) is 12.9. The van der Waals surface area contributed by atoms with Gasteiger partial charge in [-0.2, -0.15) is 0 Å². The molecule has 1 atom stereocenters. The minimum Gasteiger partial charge on any atom is -0.475 e. The lowest BCUT2D eigenvalue weighted by atomic mass is 10.1. The second kappa shape index (κ2) is 8.01.